The fraction of sp³-hybridized carbons (Fsp3) is 0.500. The summed E-state index contributed by atoms with van der Waals surface area (Å²) in [6.07, 6.45) is 7.91. The predicted octanol–water partition coefficient (Wildman–Crippen LogP) is 5.89. The third-order valence-electron chi connectivity index (χ3n) is 8.21. The number of hydrogen-bond acceptors (Lipinski definition) is 6. The van der Waals surface area contributed by atoms with Crippen molar-refractivity contribution in [3.63, 3.8) is 0 Å². The zero-order valence-corrected chi connectivity index (χ0v) is 23.2. The molecule has 210 valence electrons. The molecule has 7 nitrogen and oxygen atoms in total. The third-order valence-corrected chi connectivity index (χ3v) is 8.21. The second-order valence-corrected chi connectivity index (χ2v) is 10.7. The van der Waals surface area contributed by atoms with Gasteiger partial charge in [0.15, 0.2) is 0 Å². The van der Waals surface area contributed by atoms with Crippen LogP contribution in [0.1, 0.15) is 62.2 Å². The number of piperidine rings is 1. The van der Waals surface area contributed by atoms with Crippen molar-refractivity contribution in [3.05, 3.63) is 65.9 Å². The Bertz CT molecular complexity index is 1200. The summed E-state index contributed by atoms with van der Waals surface area (Å²) in [5, 5.41) is 21.4. The number of aromatic nitrogens is 1. The van der Waals surface area contributed by atoms with Gasteiger partial charge in [0.25, 0.3) is 0 Å². The lowest BCUT2D eigenvalue weighted by Crippen LogP contribution is -2.41. The molecular formula is C32H42N2O5. The van der Waals surface area contributed by atoms with Crippen LogP contribution in [0.15, 0.2) is 54.7 Å². The minimum absolute atomic E-state index is 0.198. The average Bonchev–Trinajstić information content (AvgIpc) is 2.97. The SMILES string of the molecule is COc1ccc(CCCCN2CC[C@@H](CCC(O)c3ccnc4ccc(OC)cc34)[C@@H](CCC(=O)O)C2)cc1. The highest BCUT2D eigenvalue weighted by Gasteiger charge is 2.30. The van der Waals surface area contributed by atoms with Gasteiger partial charge in [-0.2, -0.15) is 0 Å². The molecular weight excluding hydrogens is 492 g/mol. The average molecular weight is 535 g/mol. The number of ether oxygens (including phenoxy) is 2. The first kappa shape index (κ1) is 28.8. The van der Waals surface area contributed by atoms with Crippen LogP contribution < -0.4 is 9.47 Å². The number of nitrogens with zero attached hydrogens (tertiary/aromatic N) is 2. The molecule has 4 rings (SSSR count). The number of likely N-dealkylation sites (tertiary alicyclic amines) is 1. The lowest BCUT2D eigenvalue weighted by Gasteiger charge is -2.39. The van der Waals surface area contributed by atoms with E-state index in [0.717, 1.165) is 79.7 Å². The molecule has 1 fully saturated rings. The number of aliphatic carboxylic acids is 1. The van der Waals surface area contributed by atoms with Gasteiger partial charge in [0.1, 0.15) is 11.5 Å². The Balaban J connectivity index is 1.30. The van der Waals surface area contributed by atoms with Gasteiger partial charge in [-0.1, -0.05) is 12.1 Å². The Labute approximate surface area is 231 Å². The van der Waals surface area contributed by atoms with E-state index in [1.54, 1.807) is 20.4 Å². The second-order valence-electron chi connectivity index (χ2n) is 10.7. The van der Waals surface area contributed by atoms with E-state index in [2.05, 4.69) is 22.0 Å². The Hall–Kier alpha value is -3.16. The number of carbonyl (C=O) groups is 1. The van der Waals surface area contributed by atoms with Crippen molar-refractivity contribution in [3.8, 4) is 11.5 Å². The van der Waals surface area contributed by atoms with Gasteiger partial charge in [-0.3, -0.25) is 9.78 Å². The minimum atomic E-state index is -0.734. The molecule has 1 aliphatic heterocycles. The number of hydrogen-bond donors (Lipinski definition) is 2. The van der Waals surface area contributed by atoms with Crippen LogP contribution in [0.4, 0.5) is 0 Å². The summed E-state index contributed by atoms with van der Waals surface area (Å²) in [4.78, 5) is 18.3. The lowest BCUT2D eigenvalue weighted by atomic mass is 9.79. The van der Waals surface area contributed by atoms with Crippen molar-refractivity contribution >= 4 is 16.9 Å². The molecule has 0 saturated carbocycles. The van der Waals surface area contributed by atoms with Gasteiger partial charge in [0, 0.05) is 24.5 Å². The number of rotatable bonds is 14. The van der Waals surface area contributed by atoms with Gasteiger partial charge < -0.3 is 24.6 Å². The van der Waals surface area contributed by atoms with Gasteiger partial charge in [-0.15, -0.1) is 0 Å². The van der Waals surface area contributed by atoms with Crippen LogP contribution in [0.3, 0.4) is 0 Å². The van der Waals surface area contributed by atoms with Crippen molar-refractivity contribution in [1.82, 2.24) is 9.88 Å². The first-order valence-electron chi connectivity index (χ1n) is 14.1. The Morgan fingerprint density at radius 1 is 1.03 bits per heavy atom. The van der Waals surface area contributed by atoms with E-state index in [0.29, 0.717) is 24.7 Å². The largest absolute Gasteiger partial charge is 0.497 e. The van der Waals surface area contributed by atoms with E-state index in [9.17, 15) is 15.0 Å². The Morgan fingerprint density at radius 2 is 1.79 bits per heavy atom. The number of aryl methyl sites for hydroxylation is 1. The maximum Gasteiger partial charge on any atom is 0.303 e. The van der Waals surface area contributed by atoms with Crippen molar-refractivity contribution in [2.24, 2.45) is 11.8 Å². The van der Waals surface area contributed by atoms with E-state index in [4.69, 9.17) is 9.47 Å². The minimum Gasteiger partial charge on any atom is -0.497 e. The van der Waals surface area contributed by atoms with Crippen LogP contribution in [0, 0.1) is 11.8 Å². The zero-order chi connectivity index (χ0) is 27.6. The summed E-state index contributed by atoms with van der Waals surface area (Å²) in [5.74, 6) is 1.64. The molecule has 1 aromatic heterocycles. The first-order chi connectivity index (χ1) is 19.0. The molecule has 0 radical (unpaired) electrons. The fourth-order valence-electron chi connectivity index (χ4n) is 5.92. The summed E-state index contributed by atoms with van der Waals surface area (Å²) in [7, 11) is 3.32. The van der Waals surface area contributed by atoms with E-state index >= 15 is 0 Å². The number of aliphatic hydroxyl groups excluding tert-OH is 1. The van der Waals surface area contributed by atoms with Gasteiger partial charge in [0.2, 0.25) is 0 Å². The molecule has 1 unspecified atom stereocenters. The molecule has 2 heterocycles. The highest BCUT2D eigenvalue weighted by molar-refractivity contribution is 5.83. The summed E-state index contributed by atoms with van der Waals surface area (Å²) < 4.78 is 10.6. The van der Waals surface area contributed by atoms with Gasteiger partial charge in [-0.05, 0) is 117 Å². The highest BCUT2D eigenvalue weighted by Crippen LogP contribution is 2.35. The molecule has 2 N–H and O–H groups in total. The van der Waals surface area contributed by atoms with Gasteiger partial charge >= 0.3 is 5.97 Å². The van der Waals surface area contributed by atoms with Crippen LogP contribution in [-0.2, 0) is 11.2 Å². The number of unbranched alkanes of at least 4 members (excludes halogenated alkanes) is 1. The monoisotopic (exact) mass is 534 g/mol. The van der Waals surface area contributed by atoms with Crippen molar-refractivity contribution in [2.75, 3.05) is 33.9 Å². The number of pyridine rings is 1. The summed E-state index contributed by atoms with van der Waals surface area (Å²) in [6.45, 7) is 3.01. The molecule has 2 aromatic carbocycles. The van der Waals surface area contributed by atoms with Crippen LogP contribution >= 0.6 is 0 Å². The van der Waals surface area contributed by atoms with Gasteiger partial charge in [-0.25, -0.2) is 0 Å². The second kappa shape index (κ2) is 14.3. The fourth-order valence-corrected chi connectivity index (χ4v) is 5.92. The summed E-state index contributed by atoms with van der Waals surface area (Å²) >= 11 is 0. The number of carboxylic acids is 1. The highest BCUT2D eigenvalue weighted by atomic mass is 16.5. The van der Waals surface area contributed by atoms with Crippen LogP contribution in [0.5, 0.6) is 11.5 Å². The number of fused-ring (bicyclic) bond motifs is 1. The van der Waals surface area contributed by atoms with Crippen molar-refractivity contribution in [1.29, 1.82) is 0 Å². The molecule has 0 aliphatic carbocycles. The summed E-state index contributed by atoms with van der Waals surface area (Å²) in [5.41, 5.74) is 3.04. The van der Waals surface area contributed by atoms with Crippen LogP contribution in [0.2, 0.25) is 0 Å². The quantitative estimate of drug-likeness (QED) is 0.249. The van der Waals surface area contributed by atoms with E-state index in [-0.39, 0.29) is 6.42 Å². The number of benzene rings is 2. The zero-order valence-electron chi connectivity index (χ0n) is 23.2. The molecule has 3 aromatic rings. The number of carboxylic acid groups (broad SMARTS) is 1. The molecule has 0 spiro atoms. The topological polar surface area (TPSA) is 92.1 Å². The molecule has 1 saturated heterocycles. The molecule has 1 aliphatic rings. The number of methoxy groups -OCH3 is 2. The Morgan fingerprint density at radius 3 is 2.54 bits per heavy atom. The Kier molecular flexibility index (Phi) is 10.6. The standard InChI is InChI=1S/C32H42N2O5/c1-38-26-10-6-23(7-11-26)5-3-4-19-34-20-17-24(25(22-34)9-15-32(36)37)8-14-31(35)28-16-18-33-30-13-12-27(39-2)21-29(28)30/h6-7,10-13,16,18,21,24-25,31,35H,3-5,8-9,14-15,17,19-20,22H2,1-2H3,(H,36,37)/t24-,25+,31?/m1/s1. The van der Waals surface area contributed by atoms with Crippen molar-refractivity contribution in [2.45, 2.75) is 57.5 Å². The van der Waals surface area contributed by atoms with Crippen molar-refractivity contribution < 1.29 is 24.5 Å². The number of aliphatic hydroxyl groups is 1. The van der Waals surface area contributed by atoms with Gasteiger partial charge in [0.05, 0.1) is 25.8 Å². The molecule has 0 bridgehead atoms. The first-order valence-corrected chi connectivity index (χ1v) is 14.1. The maximum atomic E-state index is 11.4. The third kappa shape index (κ3) is 8.16. The normalized spacial score (nSPS) is 18.6. The molecule has 3 atom stereocenters. The van der Waals surface area contributed by atoms with Crippen LogP contribution in [-0.4, -0.2) is 59.9 Å². The molecule has 0 amide bonds. The molecule has 39 heavy (non-hydrogen) atoms. The maximum absolute atomic E-state index is 11.4. The van der Waals surface area contributed by atoms with Crippen LogP contribution in [0.25, 0.3) is 10.9 Å². The lowest BCUT2D eigenvalue weighted by molar-refractivity contribution is -0.137. The van der Waals surface area contributed by atoms with E-state index in [1.165, 1.54) is 5.56 Å². The predicted molar refractivity (Wildman–Crippen MR) is 153 cm³/mol. The smallest absolute Gasteiger partial charge is 0.303 e. The molecule has 7 heteroatoms. The van der Waals surface area contributed by atoms with E-state index in [1.807, 2.05) is 36.4 Å². The van der Waals surface area contributed by atoms with E-state index < -0.39 is 12.1 Å². The summed E-state index contributed by atoms with van der Waals surface area (Å²) in [6, 6.07) is 15.9.